The molecule has 3 aromatic rings. The van der Waals surface area contributed by atoms with Crippen molar-refractivity contribution in [1.82, 2.24) is 25.5 Å². The molecule has 0 spiro atoms. The fourth-order valence-corrected chi connectivity index (χ4v) is 4.54. The second-order valence-corrected chi connectivity index (χ2v) is 7.92. The smallest absolute Gasteiger partial charge is 0.252 e. The molecule has 0 aliphatic carbocycles. The zero-order valence-corrected chi connectivity index (χ0v) is 17.1. The average Bonchev–Trinajstić information content (AvgIpc) is 3.41. The minimum absolute atomic E-state index is 0.0838. The number of thiophene rings is 1. The van der Waals surface area contributed by atoms with Crippen LogP contribution in [0.2, 0.25) is 0 Å². The van der Waals surface area contributed by atoms with Gasteiger partial charge in [-0.05, 0) is 25.8 Å². The summed E-state index contributed by atoms with van der Waals surface area (Å²) in [6.45, 7) is 8.69. The predicted molar refractivity (Wildman–Crippen MR) is 103 cm³/mol. The van der Waals surface area contributed by atoms with Gasteiger partial charge in [0, 0.05) is 41.9 Å². The summed E-state index contributed by atoms with van der Waals surface area (Å²) in [5.41, 5.74) is 4.02. The highest BCUT2D eigenvalue weighted by Crippen LogP contribution is 2.30. The Morgan fingerprint density at radius 1 is 1.32 bits per heavy atom. The Morgan fingerprint density at radius 2 is 2.18 bits per heavy atom. The van der Waals surface area contributed by atoms with Crippen molar-refractivity contribution in [2.24, 2.45) is 0 Å². The first-order valence-corrected chi connectivity index (χ1v) is 10.3. The van der Waals surface area contributed by atoms with Crippen LogP contribution in [-0.2, 0) is 32.5 Å². The number of rotatable bonds is 6. The summed E-state index contributed by atoms with van der Waals surface area (Å²) in [6.07, 6.45) is 1.54. The van der Waals surface area contributed by atoms with Gasteiger partial charge in [0.2, 0.25) is 5.89 Å². The Labute approximate surface area is 166 Å². The molecule has 4 rings (SSSR count). The highest BCUT2D eigenvalue weighted by atomic mass is 32.1. The van der Waals surface area contributed by atoms with Gasteiger partial charge in [0.25, 0.3) is 5.91 Å². The Kier molecular flexibility index (Phi) is 5.27. The van der Waals surface area contributed by atoms with Crippen molar-refractivity contribution in [3.63, 3.8) is 0 Å². The van der Waals surface area contributed by atoms with Crippen LogP contribution in [0.5, 0.6) is 0 Å². The Bertz CT molecular complexity index is 970. The lowest BCUT2D eigenvalue weighted by molar-refractivity contribution is 0.0948. The first-order chi connectivity index (χ1) is 13.5. The summed E-state index contributed by atoms with van der Waals surface area (Å²) < 4.78 is 10.3. The molecule has 9 heteroatoms. The van der Waals surface area contributed by atoms with Crippen molar-refractivity contribution in [2.75, 3.05) is 6.54 Å². The summed E-state index contributed by atoms with van der Waals surface area (Å²) in [5, 5.41) is 12.8. The minimum atomic E-state index is -0.0838. The van der Waals surface area contributed by atoms with Crippen LogP contribution in [0.15, 0.2) is 14.4 Å². The van der Waals surface area contributed by atoms with Gasteiger partial charge < -0.3 is 14.4 Å². The zero-order chi connectivity index (χ0) is 19.7. The molecule has 1 amide bonds. The molecule has 1 N–H and O–H groups in total. The van der Waals surface area contributed by atoms with Gasteiger partial charge >= 0.3 is 0 Å². The molecule has 0 unspecified atom stereocenters. The monoisotopic (exact) mass is 401 g/mol. The van der Waals surface area contributed by atoms with Crippen LogP contribution in [0.3, 0.4) is 0 Å². The van der Waals surface area contributed by atoms with Gasteiger partial charge in [0.15, 0.2) is 5.82 Å². The maximum atomic E-state index is 12.6. The lowest BCUT2D eigenvalue weighted by Gasteiger charge is -2.27. The number of amides is 1. The average molecular weight is 401 g/mol. The Morgan fingerprint density at radius 3 is 2.89 bits per heavy atom. The molecule has 1 aliphatic rings. The van der Waals surface area contributed by atoms with Gasteiger partial charge in [-0.15, -0.1) is 11.3 Å². The largest absolute Gasteiger partial charge is 0.361 e. The van der Waals surface area contributed by atoms with E-state index in [0.29, 0.717) is 18.1 Å². The predicted octanol–water partition coefficient (Wildman–Crippen LogP) is 2.79. The van der Waals surface area contributed by atoms with E-state index < -0.39 is 0 Å². The summed E-state index contributed by atoms with van der Waals surface area (Å²) in [7, 11) is 0. The molecular weight excluding hydrogens is 378 g/mol. The SMILES string of the molecule is CCc1nc(CNC(=O)c2csc3c2CCN(Cc2c(C)noc2C)C3)no1. The van der Waals surface area contributed by atoms with Crippen LogP contribution in [0, 0.1) is 13.8 Å². The Hall–Kier alpha value is -2.52. The van der Waals surface area contributed by atoms with E-state index in [4.69, 9.17) is 9.05 Å². The third-order valence-corrected chi connectivity index (χ3v) is 6.07. The van der Waals surface area contributed by atoms with E-state index in [2.05, 4.69) is 25.5 Å². The number of carbonyl (C=O) groups excluding carboxylic acids is 1. The first-order valence-electron chi connectivity index (χ1n) is 9.38. The summed E-state index contributed by atoms with van der Waals surface area (Å²) in [6, 6.07) is 0. The standard InChI is InChI=1S/C19H23N5O3S/c1-4-18-21-17(23-27-18)7-20-19(25)15-10-28-16-9-24(6-5-13(15)16)8-14-11(2)22-26-12(14)3/h10H,4-9H2,1-3H3,(H,20,25). The van der Waals surface area contributed by atoms with E-state index in [0.717, 1.165) is 54.2 Å². The molecule has 4 heterocycles. The van der Waals surface area contributed by atoms with Gasteiger partial charge in [-0.2, -0.15) is 4.98 Å². The number of fused-ring (bicyclic) bond motifs is 1. The van der Waals surface area contributed by atoms with Crippen molar-refractivity contribution in [3.05, 3.63) is 50.1 Å². The van der Waals surface area contributed by atoms with Crippen molar-refractivity contribution in [1.29, 1.82) is 0 Å². The number of aromatic nitrogens is 3. The summed E-state index contributed by atoms with van der Waals surface area (Å²) >= 11 is 1.64. The molecule has 0 fully saturated rings. The molecule has 0 aromatic carbocycles. The quantitative estimate of drug-likeness (QED) is 0.678. The third kappa shape index (κ3) is 3.72. The third-order valence-electron chi connectivity index (χ3n) is 5.05. The van der Waals surface area contributed by atoms with Crippen LogP contribution in [0.1, 0.15) is 56.5 Å². The molecule has 0 saturated carbocycles. The molecule has 0 bridgehead atoms. The van der Waals surface area contributed by atoms with Gasteiger partial charge in [0.05, 0.1) is 17.8 Å². The molecule has 0 radical (unpaired) electrons. The summed E-state index contributed by atoms with van der Waals surface area (Å²) in [5.74, 6) is 1.87. The van der Waals surface area contributed by atoms with Crippen LogP contribution >= 0.6 is 11.3 Å². The molecule has 3 aromatic heterocycles. The minimum Gasteiger partial charge on any atom is -0.361 e. The van der Waals surface area contributed by atoms with E-state index in [1.54, 1.807) is 11.3 Å². The van der Waals surface area contributed by atoms with Crippen molar-refractivity contribution >= 4 is 17.2 Å². The van der Waals surface area contributed by atoms with Gasteiger partial charge in [-0.25, -0.2) is 0 Å². The maximum absolute atomic E-state index is 12.6. The van der Waals surface area contributed by atoms with Crippen molar-refractivity contribution < 1.29 is 13.8 Å². The fourth-order valence-electron chi connectivity index (χ4n) is 3.42. The molecule has 0 saturated heterocycles. The van der Waals surface area contributed by atoms with Crippen LogP contribution in [0.4, 0.5) is 0 Å². The number of nitrogens with one attached hydrogen (secondary N) is 1. The lowest BCUT2D eigenvalue weighted by atomic mass is 10.0. The number of nitrogens with zero attached hydrogens (tertiary/aromatic N) is 4. The highest BCUT2D eigenvalue weighted by molar-refractivity contribution is 7.10. The second-order valence-electron chi connectivity index (χ2n) is 6.96. The van der Waals surface area contributed by atoms with E-state index in [9.17, 15) is 4.79 Å². The molecular formula is C19H23N5O3S. The van der Waals surface area contributed by atoms with Crippen molar-refractivity contribution in [3.8, 4) is 0 Å². The van der Waals surface area contributed by atoms with Gasteiger partial charge in [-0.3, -0.25) is 9.69 Å². The molecule has 0 atom stereocenters. The number of hydrogen-bond acceptors (Lipinski definition) is 8. The topological polar surface area (TPSA) is 97.3 Å². The summed E-state index contributed by atoms with van der Waals surface area (Å²) in [4.78, 5) is 20.5. The van der Waals surface area contributed by atoms with E-state index in [1.165, 1.54) is 4.88 Å². The fraction of sp³-hybridized carbons (Fsp3) is 0.474. The van der Waals surface area contributed by atoms with Crippen LogP contribution in [0.25, 0.3) is 0 Å². The second kappa shape index (κ2) is 7.84. The number of carbonyl (C=O) groups is 1. The van der Waals surface area contributed by atoms with Gasteiger partial charge in [0.1, 0.15) is 5.76 Å². The zero-order valence-electron chi connectivity index (χ0n) is 16.2. The highest BCUT2D eigenvalue weighted by Gasteiger charge is 2.25. The normalized spacial score (nSPS) is 14.2. The van der Waals surface area contributed by atoms with E-state index in [1.807, 2.05) is 26.2 Å². The van der Waals surface area contributed by atoms with E-state index in [-0.39, 0.29) is 12.5 Å². The van der Waals surface area contributed by atoms with E-state index >= 15 is 0 Å². The molecule has 1 aliphatic heterocycles. The van der Waals surface area contributed by atoms with Crippen LogP contribution in [-0.4, -0.2) is 32.6 Å². The molecule has 28 heavy (non-hydrogen) atoms. The molecule has 148 valence electrons. The molecule has 8 nitrogen and oxygen atoms in total. The maximum Gasteiger partial charge on any atom is 0.252 e. The van der Waals surface area contributed by atoms with Crippen molar-refractivity contribution in [2.45, 2.75) is 53.2 Å². The number of aryl methyl sites for hydroxylation is 3. The lowest BCUT2D eigenvalue weighted by Crippen LogP contribution is -2.31. The van der Waals surface area contributed by atoms with Crippen LogP contribution < -0.4 is 5.32 Å². The number of hydrogen-bond donors (Lipinski definition) is 1. The first kappa shape index (κ1) is 18.8. The van der Waals surface area contributed by atoms with Gasteiger partial charge in [-0.1, -0.05) is 17.2 Å². The Balaban J connectivity index is 1.39.